The molecule has 4 fully saturated rings. The number of carbonyl (C=O) groups excluding carboxylic acids is 3. The summed E-state index contributed by atoms with van der Waals surface area (Å²) in [4.78, 5) is 43.8. The van der Waals surface area contributed by atoms with Gasteiger partial charge in [0.2, 0.25) is 11.8 Å². The molecule has 1 unspecified atom stereocenters. The molecule has 194 valence electrons. The number of amides is 3. The minimum Gasteiger partial charge on any atom is -0.375 e. The standard InChI is InChI=1S/C27H37N5O4/c1-17-12-19(13-18-16-32(27(35)25(17)18)23-2-3-24(33)29-26(23)34)30-8-10-31(11-9-30)20-14-22(15-20)36-21-4-6-28-7-5-21/h12-13,20-23,28H,2-11,14-16H2,1H3,(H,29,33,34)/t20-,22-,23?. The van der Waals surface area contributed by atoms with Gasteiger partial charge in [0.05, 0.1) is 12.2 Å². The highest BCUT2D eigenvalue weighted by Gasteiger charge is 2.41. The van der Waals surface area contributed by atoms with Gasteiger partial charge in [-0.2, -0.15) is 0 Å². The second-order valence-electron chi connectivity index (χ2n) is 11.1. The third kappa shape index (κ3) is 4.53. The predicted molar refractivity (Wildman–Crippen MR) is 135 cm³/mol. The Kier molecular flexibility index (Phi) is 6.47. The van der Waals surface area contributed by atoms with Crippen molar-refractivity contribution in [1.82, 2.24) is 20.4 Å². The van der Waals surface area contributed by atoms with Crippen LogP contribution in [0.3, 0.4) is 0 Å². The molecule has 1 atom stereocenters. The van der Waals surface area contributed by atoms with Crippen LogP contribution in [0.1, 0.15) is 60.0 Å². The molecule has 3 amide bonds. The first kappa shape index (κ1) is 23.9. The van der Waals surface area contributed by atoms with E-state index in [1.165, 1.54) is 0 Å². The first-order valence-electron chi connectivity index (χ1n) is 13.6. The highest BCUT2D eigenvalue weighted by Crippen LogP contribution is 2.35. The number of hydrogen-bond acceptors (Lipinski definition) is 7. The van der Waals surface area contributed by atoms with E-state index in [-0.39, 0.29) is 24.1 Å². The lowest BCUT2D eigenvalue weighted by atomic mass is 9.87. The van der Waals surface area contributed by atoms with Gasteiger partial charge in [0.1, 0.15) is 6.04 Å². The Labute approximate surface area is 212 Å². The zero-order valence-corrected chi connectivity index (χ0v) is 21.1. The summed E-state index contributed by atoms with van der Waals surface area (Å²) in [5.74, 6) is -0.717. The molecule has 1 aliphatic carbocycles. The number of rotatable bonds is 5. The number of fused-ring (bicyclic) bond motifs is 1. The van der Waals surface area contributed by atoms with Crippen LogP contribution in [0.25, 0.3) is 0 Å². The number of ether oxygens (including phenoxy) is 1. The largest absolute Gasteiger partial charge is 0.375 e. The fourth-order valence-corrected chi connectivity index (χ4v) is 6.58. The molecule has 9 heteroatoms. The van der Waals surface area contributed by atoms with Crippen LogP contribution in [0.15, 0.2) is 12.1 Å². The second kappa shape index (κ2) is 9.76. The van der Waals surface area contributed by atoms with E-state index >= 15 is 0 Å². The molecule has 36 heavy (non-hydrogen) atoms. The van der Waals surface area contributed by atoms with E-state index in [4.69, 9.17) is 4.74 Å². The Morgan fingerprint density at radius 1 is 0.944 bits per heavy atom. The summed E-state index contributed by atoms with van der Waals surface area (Å²) in [6.07, 6.45) is 6.11. The maximum absolute atomic E-state index is 13.2. The molecule has 0 aromatic heterocycles. The minimum atomic E-state index is -0.570. The van der Waals surface area contributed by atoms with Crippen molar-refractivity contribution in [2.24, 2.45) is 0 Å². The van der Waals surface area contributed by atoms with Crippen LogP contribution >= 0.6 is 0 Å². The first-order chi connectivity index (χ1) is 17.5. The molecule has 3 saturated heterocycles. The summed E-state index contributed by atoms with van der Waals surface area (Å²) in [7, 11) is 0. The molecule has 2 N–H and O–H groups in total. The highest BCUT2D eigenvalue weighted by atomic mass is 16.5. The van der Waals surface area contributed by atoms with Crippen LogP contribution in [-0.4, -0.2) is 91.1 Å². The van der Waals surface area contributed by atoms with Crippen molar-refractivity contribution in [3.05, 3.63) is 28.8 Å². The fraction of sp³-hybridized carbons (Fsp3) is 0.667. The number of hydrogen-bond donors (Lipinski definition) is 2. The summed E-state index contributed by atoms with van der Waals surface area (Å²) < 4.78 is 6.32. The monoisotopic (exact) mass is 495 g/mol. The van der Waals surface area contributed by atoms with Crippen molar-refractivity contribution in [3.63, 3.8) is 0 Å². The number of imide groups is 1. The van der Waals surface area contributed by atoms with Crippen LogP contribution in [0.4, 0.5) is 5.69 Å². The smallest absolute Gasteiger partial charge is 0.255 e. The Balaban J connectivity index is 1.04. The van der Waals surface area contributed by atoms with Gasteiger partial charge in [-0.1, -0.05) is 0 Å². The lowest BCUT2D eigenvalue weighted by Gasteiger charge is -2.47. The van der Waals surface area contributed by atoms with E-state index in [9.17, 15) is 14.4 Å². The Hall–Kier alpha value is -2.49. The number of piperidine rings is 2. The lowest BCUT2D eigenvalue weighted by Crippen LogP contribution is -2.56. The van der Waals surface area contributed by atoms with Gasteiger partial charge in [-0.05, 0) is 75.4 Å². The summed E-state index contributed by atoms with van der Waals surface area (Å²) in [5, 5.41) is 5.78. The Bertz CT molecular complexity index is 1040. The first-order valence-corrected chi connectivity index (χ1v) is 13.6. The molecular formula is C27H37N5O4. The molecule has 1 aromatic carbocycles. The van der Waals surface area contributed by atoms with Crippen molar-refractivity contribution < 1.29 is 19.1 Å². The average Bonchev–Trinajstić information content (AvgIpc) is 3.18. The number of nitrogens with one attached hydrogen (secondary N) is 2. The van der Waals surface area contributed by atoms with Gasteiger partial charge in [-0.15, -0.1) is 0 Å². The number of carbonyl (C=O) groups is 3. The van der Waals surface area contributed by atoms with Gasteiger partial charge < -0.3 is 19.9 Å². The van der Waals surface area contributed by atoms with Crippen LogP contribution in [0.2, 0.25) is 0 Å². The van der Waals surface area contributed by atoms with E-state index in [1.54, 1.807) is 4.90 Å². The van der Waals surface area contributed by atoms with Crippen LogP contribution in [0.5, 0.6) is 0 Å². The highest BCUT2D eigenvalue weighted by molar-refractivity contribution is 6.06. The van der Waals surface area contributed by atoms with Crippen LogP contribution in [0, 0.1) is 6.92 Å². The van der Waals surface area contributed by atoms with E-state index < -0.39 is 6.04 Å². The second-order valence-corrected chi connectivity index (χ2v) is 11.1. The summed E-state index contributed by atoms with van der Waals surface area (Å²) >= 11 is 0. The number of piperazine rings is 1. The molecule has 0 radical (unpaired) electrons. The van der Waals surface area contributed by atoms with E-state index in [1.807, 2.05) is 6.92 Å². The lowest BCUT2D eigenvalue weighted by molar-refractivity contribution is -0.136. The number of aryl methyl sites for hydroxylation is 1. The molecule has 0 bridgehead atoms. The quantitative estimate of drug-likeness (QED) is 0.593. The van der Waals surface area contributed by atoms with E-state index in [0.717, 1.165) is 87.3 Å². The molecule has 9 nitrogen and oxygen atoms in total. The summed E-state index contributed by atoms with van der Waals surface area (Å²) in [5.41, 5.74) is 3.82. The Morgan fingerprint density at radius 2 is 1.69 bits per heavy atom. The third-order valence-electron chi connectivity index (χ3n) is 8.74. The van der Waals surface area contributed by atoms with Gasteiger partial charge in [0.15, 0.2) is 0 Å². The molecule has 1 saturated carbocycles. The van der Waals surface area contributed by atoms with Gasteiger partial charge in [0.25, 0.3) is 5.91 Å². The molecule has 0 spiro atoms. The zero-order valence-electron chi connectivity index (χ0n) is 21.1. The number of benzene rings is 1. The van der Waals surface area contributed by atoms with Crippen molar-refractivity contribution >= 4 is 23.4 Å². The van der Waals surface area contributed by atoms with Gasteiger partial charge in [0, 0.05) is 56.4 Å². The molecule has 4 aliphatic heterocycles. The SMILES string of the molecule is Cc1cc(N2CCN([C@H]3C[C@H](OC4CCNCC4)C3)CC2)cc2c1C(=O)N(C1CCC(=O)NC1=O)C2. The summed E-state index contributed by atoms with van der Waals surface area (Å²) in [6.45, 7) is 8.60. The number of nitrogens with zero attached hydrogens (tertiary/aromatic N) is 3. The van der Waals surface area contributed by atoms with Crippen molar-refractivity contribution in [1.29, 1.82) is 0 Å². The van der Waals surface area contributed by atoms with Gasteiger partial charge in [-0.25, -0.2) is 0 Å². The average molecular weight is 496 g/mol. The predicted octanol–water partition coefficient (Wildman–Crippen LogP) is 1.18. The third-order valence-corrected chi connectivity index (χ3v) is 8.74. The van der Waals surface area contributed by atoms with Crippen molar-refractivity contribution in [2.75, 3.05) is 44.2 Å². The van der Waals surface area contributed by atoms with E-state index in [2.05, 4.69) is 32.6 Å². The normalized spacial score (nSPS) is 29.8. The zero-order chi connectivity index (χ0) is 24.8. The van der Waals surface area contributed by atoms with Crippen molar-refractivity contribution in [3.8, 4) is 0 Å². The van der Waals surface area contributed by atoms with Crippen LogP contribution in [-0.2, 0) is 20.9 Å². The van der Waals surface area contributed by atoms with Crippen molar-refractivity contribution in [2.45, 2.75) is 76.3 Å². The molecule has 5 aliphatic rings. The molecule has 4 heterocycles. The topological polar surface area (TPSA) is 94.2 Å². The molecular weight excluding hydrogens is 458 g/mol. The Morgan fingerprint density at radius 3 is 2.42 bits per heavy atom. The number of anilines is 1. The molecule has 1 aromatic rings. The van der Waals surface area contributed by atoms with Crippen LogP contribution < -0.4 is 15.5 Å². The maximum Gasteiger partial charge on any atom is 0.255 e. The molecule has 6 rings (SSSR count). The van der Waals surface area contributed by atoms with E-state index in [0.29, 0.717) is 31.2 Å². The summed E-state index contributed by atoms with van der Waals surface area (Å²) in [6, 6.07) is 4.32. The van der Waals surface area contributed by atoms with Gasteiger partial charge in [-0.3, -0.25) is 24.6 Å². The van der Waals surface area contributed by atoms with Gasteiger partial charge >= 0.3 is 0 Å². The maximum atomic E-state index is 13.2. The minimum absolute atomic E-state index is 0.0976. The fourth-order valence-electron chi connectivity index (χ4n) is 6.58.